The number of aliphatic hydroxyl groups is 1. The predicted molar refractivity (Wildman–Crippen MR) is 79.6 cm³/mol. The van der Waals surface area contributed by atoms with Gasteiger partial charge in [0.05, 0.1) is 11.2 Å². The second-order valence-corrected chi connectivity index (χ2v) is 7.67. The highest BCUT2D eigenvalue weighted by Crippen LogP contribution is 2.45. The van der Waals surface area contributed by atoms with Gasteiger partial charge in [0.15, 0.2) is 0 Å². The highest BCUT2D eigenvalue weighted by Gasteiger charge is 2.48. The Kier molecular flexibility index (Phi) is 4.14. The van der Waals surface area contributed by atoms with Crippen molar-refractivity contribution in [3.05, 3.63) is 0 Å². The minimum atomic E-state index is -0.421. The van der Waals surface area contributed by atoms with Crippen LogP contribution in [0.15, 0.2) is 0 Å². The van der Waals surface area contributed by atoms with Gasteiger partial charge in [0.1, 0.15) is 0 Å². The van der Waals surface area contributed by atoms with Crippen molar-refractivity contribution in [3.8, 4) is 0 Å². The third-order valence-electron chi connectivity index (χ3n) is 5.49. The Morgan fingerprint density at radius 2 is 2.11 bits per heavy atom. The zero-order valence-electron chi connectivity index (χ0n) is 12.1. The molecule has 3 nitrogen and oxygen atoms in total. The van der Waals surface area contributed by atoms with Crippen molar-refractivity contribution < 1.29 is 9.84 Å². The summed E-state index contributed by atoms with van der Waals surface area (Å²) < 4.78 is 6.09. The lowest BCUT2D eigenvalue weighted by Crippen LogP contribution is -2.53. The Balaban J connectivity index is 1.64. The average molecular weight is 285 g/mol. The van der Waals surface area contributed by atoms with E-state index in [1.165, 1.54) is 12.2 Å². The summed E-state index contributed by atoms with van der Waals surface area (Å²) in [6.07, 6.45) is 5.23. The molecular weight excluding hydrogens is 258 g/mol. The van der Waals surface area contributed by atoms with Crippen LogP contribution in [0, 0.1) is 5.92 Å². The SMILES string of the molecule is CCN1CCC(O)(C2CCOC3(CCSC3)C2)CC1. The van der Waals surface area contributed by atoms with Crippen LogP contribution in [0.2, 0.25) is 0 Å². The third-order valence-corrected chi connectivity index (χ3v) is 6.71. The fourth-order valence-corrected chi connectivity index (χ4v) is 5.39. The molecule has 0 aromatic carbocycles. The number of hydrogen-bond acceptors (Lipinski definition) is 4. The molecule has 3 saturated heterocycles. The fourth-order valence-electron chi connectivity index (χ4n) is 4.01. The van der Waals surface area contributed by atoms with Crippen molar-refractivity contribution in [2.75, 3.05) is 37.7 Å². The summed E-state index contributed by atoms with van der Waals surface area (Å²) >= 11 is 2.02. The van der Waals surface area contributed by atoms with Gasteiger partial charge in [-0.05, 0) is 50.3 Å². The number of hydrogen-bond donors (Lipinski definition) is 1. The number of likely N-dealkylation sites (tertiary alicyclic amines) is 1. The third kappa shape index (κ3) is 2.82. The zero-order valence-corrected chi connectivity index (χ0v) is 12.9. The van der Waals surface area contributed by atoms with Gasteiger partial charge >= 0.3 is 0 Å². The first kappa shape index (κ1) is 14.2. The van der Waals surface area contributed by atoms with Crippen LogP contribution in [0.4, 0.5) is 0 Å². The molecule has 3 heterocycles. The summed E-state index contributed by atoms with van der Waals surface area (Å²) in [5.41, 5.74) is -0.319. The maximum atomic E-state index is 11.1. The molecule has 1 spiro atoms. The molecule has 2 unspecified atom stereocenters. The van der Waals surface area contributed by atoms with Crippen molar-refractivity contribution in [2.45, 2.75) is 50.2 Å². The first-order valence-corrected chi connectivity index (χ1v) is 8.98. The van der Waals surface area contributed by atoms with Gasteiger partial charge in [-0.15, -0.1) is 0 Å². The van der Waals surface area contributed by atoms with Crippen molar-refractivity contribution in [1.29, 1.82) is 0 Å². The lowest BCUT2D eigenvalue weighted by Gasteiger charge is -2.48. The highest BCUT2D eigenvalue weighted by atomic mass is 32.2. The number of thioether (sulfide) groups is 1. The molecule has 0 amide bonds. The van der Waals surface area contributed by atoms with Crippen LogP contribution < -0.4 is 0 Å². The monoisotopic (exact) mass is 285 g/mol. The van der Waals surface area contributed by atoms with Crippen molar-refractivity contribution in [1.82, 2.24) is 4.90 Å². The van der Waals surface area contributed by atoms with E-state index in [0.29, 0.717) is 5.92 Å². The second-order valence-electron chi connectivity index (χ2n) is 6.56. The molecule has 19 heavy (non-hydrogen) atoms. The quantitative estimate of drug-likeness (QED) is 0.842. The molecule has 0 aromatic rings. The van der Waals surface area contributed by atoms with Crippen LogP contribution in [0.3, 0.4) is 0 Å². The normalized spacial score (nSPS) is 39.8. The van der Waals surface area contributed by atoms with E-state index in [4.69, 9.17) is 4.74 Å². The minimum absolute atomic E-state index is 0.102. The van der Waals surface area contributed by atoms with Crippen molar-refractivity contribution in [3.63, 3.8) is 0 Å². The summed E-state index contributed by atoms with van der Waals surface area (Å²) in [5, 5.41) is 11.1. The molecule has 3 aliphatic heterocycles. The fraction of sp³-hybridized carbons (Fsp3) is 1.00. The number of rotatable bonds is 2. The van der Waals surface area contributed by atoms with Crippen LogP contribution in [0.25, 0.3) is 0 Å². The molecule has 4 heteroatoms. The van der Waals surface area contributed by atoms with Gasteiger partial charge in [-0.2, -0.15) is 11.8 Å². The topological polar surface area (TPSA) is 32.7 Å². The molecule has 0 radical (unpaired) electrons. The highest BCUT2D eigenvalue weighted by molar-refractivity contribution is 7.99. The maximum absolute atomic E-state index is 11.1. The van der Waals surface area contributed by atoms with E-state index in [0.717, 1.165) is 57.7 Å². The van der Waals surface area contributed by atoms with E-state index in [2.05, 4.69) is 11.8 Å². The molecule has 0 aliphatic carbocycles. The van der Waals surface area contributed by atoms with E-state index in [1.807, 2.05) is 11.8 Å². The van der Waals surface area contributed by atoms with Crippen LogP contribution in [-0.4, -0.2) is 59.0 Å². The van der Waals surface area contributed by atoms with E-state index >= 15 is 0 Å². The van der Waals surface area contributed by atoms with Gasteiger partial charge in [0.25, 0.3) is 0 Å². The van der Waals surface area contributed by atoms with Gasteiger partial charge < -0.3 is 14.7 Å². The number of piperidine rings is 1. The smallest absolute Gasteiger partial charge is 0.0784 e. The minimum Gasteiger partial charge on any atom is -0.389 e. The largest absolute Gasteiger partial charge is 0.389 e. The Labute approximate surface area is 121 Å². The van der Waals surface area contributed by atoms with Gasteiger partial charge in [-0.1, -0.05) is 6.92 Å². The molecule has 2 atom stereocenters. The van der Waals surface area contributed by atoms with E-state index < -0.39 is 5.60 Å². The Morgan fingerprint density at radius 1 is 1.32 bits per heavy atom. The summed E-state index contributed by atoms with van der Waals surface area (Å²) in [6.45, 7) is 6.30. The molecule has 3 aliphatic rings. The summed E-state index contributed by atoms with van der Waals surface area (Å²) in [7, 11) is 0. The molecule has 1 N–H and O–H groups in total. The number of ether oxygens (including phenoxy) is 1. The Hall–Kier alpha value is 0.230. The molecule has 0 aromatic heterocycles. The van der Waals surface area contributed by atoms with Gasteiger partial charge in [0, 0.05) is 25.4 Å². The molecular formula is C15H27NO2S. The first-order chi connectivity index (χ1) is 9.16. The summed E-state index contributed by atoms with van der Waals surface area (Å²) in [6, 6.07) is 0. The lowest BCUT2D eigenvalue weighted by atomic mass is 9.71. The average Bonchev–Trinajstić information content (AvgIpc) is 2.88. The van der Waals surface area contributed by atoms with E-state index in [1.54, 1.807) is 0 Å². The Bertz CT molecular complexity index is 309. The van der Waals surface area contributed by atoms with E-state index in [9.17, 15) is 5.11 Å². The second kappa shape index (κ2) is 5.55. The zero-order chi connectivity index (χ0) is 13.3. The summed E-state index contributed by atoms with van der Waals surface area (Å²) in [5.74, 6) is 2.83. The van der Waals surface area contributed by atoms with Crippen LogP contribution in [0.1, 0.15) is 39.0 Å². The van der Waals surface area contributed by atoms with Crippen LogP contribution >= 0.6 is 11.8 Å². The van der Waals surface area contributed by atoms with Gasteiger partial charge in [0.2, 0.25) is 0 Å². The van der Waals surface area contributed by atoms with E-state index in [-0.39, 0.29) is 5.60 Å². The molecule has 3 fully saturated rings. The Morgan fingerprint density at radius 3 is 2.74 bits per heavy atom. The number of nitrogens with zero attached hydrogens (tertiary/aromatic N) is 1. The molecule has 3 rings (SSSR count). The predicted octanol–water partition coefficient (Wildman–Crippen LogP) is 2.14. The van der Waals surface area contributed by atoms with Gasteiger partial charge in [-0.25, -0.2) is 0 Å². The maximum Gasteiger partial charge on any atom is 0.0784 e. The molecule has 110 valence electrons. The van der Waals surface area contributed by atoms with Crippen molar-refractivity contribution >= 4 is 11.8 Å². The first-order valence-electron chi connectivity index (χ1n) is 7.82. The van der Waals surface area contributed by atoms with Crippen LogP contribution in [-0.2, 0) is 4.74 Å². The van der Waals surface area contributed by atoms with Gasteiger partial charge in [-0.3, -0.25) is 0 Å². The molecule has 0 saturated carbocycles. The summed E-state index contributed by atoms with van der Waals surface area (Å²) in [4.78, 5) is 2.45. The van der Waals surface area contributed by atoms with Crippen LogP contribution in [0.5, 0.6) is 0 Å². The van der Waals surface area contributed by atoms with Crippen molar-refractivity contribution in [2.24, 2.45) is 5.92 Å². The molecule has 0 bridgehead atoms. The lowest BCUT2D eigenvalue weighted by molar-refractivity contribution is -0.146. The standard InChI is InChI=1S/C15H27NO2S/c1-2-16-7-4-15(17,5-8-16)13-3-9-18-14(11-13)6-10-19-12-14/h13,17H,2-12H2,1H3.